The topological polar surface area (TPSA) is 105 Å². The van der Waals surface area contributed by atoms with Crippen LogP contribution in [-0.2, 0) is 14.3 Å². The summed E-state index contributed by atoms with van der Waals surface area (Å²) >= 11 is 0. The quantitative estimate of drug-likeness (QED) is 0.494. The van der Waals surface area contributed by atoms with Gasteiger partial charge in [0.1, 0.15) is 12.1 Å². The number of hydrogen-bond acceptors (Lipinski definition) is 4. The van der Waals surface area contributed by atoms with Crippen LogP contribution in [0, 0.1) is 5.41 Å². The first-order valence-electron chi connectivity index (χ1n) is 12.4. The van der Waals surface area contributed by atoms with Gasteiger partial charge >= 0.3 is 12.1 Å². The van der Waals surface area contributed by atoms with Crippen molar-refractivity contribution in [2.45, 2.75) is 63.8 Å². The van der Waals surface area contributed by atoms with E-state index in [-0.39, 0.29) is 19.1 Å². The Morgan fingerprint density at radius 3 is 2.03 bits per heavy atom. The summed E-state index contributed by atoms with van der Waals surface area (Å²) in [7, 11) is 0. The molecule has 2 aliphatic rings. The third kappa shape index (κ3) is 5.19. The van der Waals surface area contributed by atoms with Crippen molar-refractivity contribution in [3.8, 4) is 11.1 Å². The van der Waals surface area contributed by atoms with Crippen molar-refractivity contribution in [3.05, 3.63) is 59.7 Å². The summed E-state index contributed by atoms with van der Waals surface area (Å²) in [5, 5.41) is 15.3. The van der Waals surface area contributed by atoms with Crippen molar-refractivity contribution < 1.29 is 24.2 Å². The molecule has 1 saturated carbocycles. The number of carboxylic acid groups (broad SMARTS) is 1. The predicted molar refractivity (Wildman–Crippen MR) is 133 cm³/mol. The van der Waals surface area contributed by atoms with Crippen molar-refractivity contribution in [2.24, 2.45) is 5.41 Å². The van der Waals surface area contributed by atoms with Crippen molar-refractivity contribution >= 4 is 18.0 Å². The van der Waals surface area contributed by atoms with Crippen LogP contribution < -0.4 is 10.6 Å². The molecule has 186 valence electrons. The Morgan fingerprint density at radius 2 is 1.49 bits per heavy atom. The third-order valence-electron chi connectivity index (χ3n) is 7.43. The van der Waals surface area contributed by atoms with Gasteiger partial charge in [0.25, 0.3) is 0 Å². The van der Waals surface area contributed by atoms with Crippen LogP contribution in [0.4, 0.5) is 4.79 Å². The SMILES string of the molecule is CC(C)(NC(=O)OCC1c2ccccc2-c2ccccc21)C(=O)NCC1(C(=O)O)CCCCCC1. The Balaban J connectivity index is 1.35. The zero-order chi connectivity index (χ0) is 25.1. The monoisotopic (exact) mass is 478 g/mol. The highest BCUT2D eigenvalue weighted by Gasteiger charge is 2.40. The van der Waals surface area contributed by atoms with E-state index in [0.29, 0.717) is 12.8 Å². The molecular weight excluding hydrogens is 444 g/mol. The number of aliphatic carboxylic acids is 1. The van der Waals surface area contributed by atoms with E-state index in [2.05, 4.69) is 22.8 Å². The maximum Gasteiger partial charge on any atom is 0.408 e. The van der Waals surface area contributed by atoms with Crippen molar-refractivity contribution in [1.29, 1.82) is 0 Å². The number of ether oxygens (including phenoxy) is 1. The number of carbonyl (C=O) groups excluding carboxylic acids is 2. The smallest absolute Gasteiger partial charge is 0.408 e. The number of carbonyl (C=O) groups is 3. The van der Waals surface area contributed by atoms with Crippen LogP contribution >= 0.6 is 0 Å². The molecular formula is C28H34N2O5. The molecule has 0 atom stereocenters. The molecule has 7 nitrogen and oxygen atoms in total. The van der Waals surface area contributed by atoms with Crippen molar-refractivity contribution in [3.63, 3.8) is 0 Å². The van der Waals surface area contributed by atoms with E-state index in [1.54, 1.807) is 13.8 Å². The van der Waals surface area contributed by atoms with Gasteiger partial charge in [0.2, 0.25) is 5.91 Å². The summed E-state index contributed by atoms with van der Waals surface area (Å²) in [6.07, 6.45) is 4.10. The summed E-state index contributed by atoms with van der Waals surface area (Å²) < 4.78 is 5.57. The second-order valence-corrected chi connectivity index (χ2v) is 10.3. The zero-order valence-electron chi connectivity index (χ0n) is 20.4. The van der Waals surface area contributed by atoms with Crippen LogP contribution in [0.15, 0.2) is 48.5 Å². The minimum Gasteiger partial charge on any atom is -0.481 e. The fraction of sp³-hybridized carbons (Fsp3) is 0.464. The maximum atomic E-state index is 12.9. The van der Waals surface area contributed by atoms with Crippen LogP contribution in [-0.4, -0.2) is 41.8 Å². The highest BCUT2D eigenvalue weighted by molar-refractivity contribution is 5.89. The minimum absolute atomic E-state index is 0.0525. The van der Waals surface area contributed by atoms with Crippen LogP contribution in [0.25, 0.3) is 11.1 Å². The van der Waals surface area contributed by atoms with Crippen molar-refractivity contribution in [1.82, 2.24) is 10.6 Å². The molecule has 3 N–H and O–H groups in total. The molecule has 0 aliphatic heterocycles. The molecule has 0 radical (unpaired) electrons. The lowest BCUT2D eigenvalue weighted by atomic mass is 9.80. The van der Waals surface area contributed by atoms with E-state index in [1.807, 2.05) is 36.4 Å². The lowest BCUT2D eigenvalue weighted by Crippen LogP contribution is -2.57. The van der Waals surface area contributed by atoms with Gasteiger partial charge in [0, 0.05) is 12.5 Å². The van der Waals surface area contributed by atoms with Gasteiger partial charge in [-0.3, -0.25) is 9.59 Å². The van der Waals surface area contributed by atoms with E-state index in [9.17, 15) is 19.5 Å². The molecule has 2 amide bonds. The second-order valence-electron chi connectivity index (χ2n) is 10.3. The fourth-order valence-corrected chi connectivity index (χ4v) is 5.29. The summed E-state index contributed by atoms with van der Waals surface area (Å²) in [4.78, 5) is 37.6. The molecule has 2 aromatic rings. The molecule has 0 unspecified atom stereocenters. The van der Waals surface area contributed by atoms with E-state index < -0.39 is 28.9 Å². The standard InChI is InChI=1S/C28H34N2O5/c1-27(2,24(31)29-18-28(25(32)33)15-9-3-4-10-16-28)30-26(34)35-17-23-21-13-7-5-11-19(21)20-12-6-8-14-22(20)23/h5-8,11-14,23H,3-4,9-10,15-18H2,1-2H3,(H,29,31)(H,30,34)(H,32,33). The average molecular weight is 479 g/mol. The molecule has 0 bridgehead atoms. The molecule has 0 heterocycles. The van der Waals surface area contributed by atoms with Crippen LogP contribution in [0.3, 0.4) is 0 Å². The summed E-state index contributed by atoms with van der Waals surface area (Å²) in [5.74, 6) is -1.38. The second kappa shape index (κ2) is 10.1. The first kappa shape index (κ1) is 24.8. The van der Waals surface area contributed by atoms with E-state index in [1.165, 1.54) is 0 Å². The minimum atomic E-state index is -1.26. The molecule has 2 aromatic carbocycles. The van der Waals surface area contributed by atoms with E-state index >= 15 is 0 Å². The number of fused-ring (bicyclic) bond motifs is 3. The molecule has 4 rings (SSSR count). The van der Waals surface area contributed by atoms with Crippen LogP contribution in [0.2, 0.25) is 0 Å². The van der Waals surface area contributed by atoms with Gasteiger partial charge in [-0.15, -0.1) is 0 Å². The summed E-state index contributed by atoms with van der Waals surface area (Å²) in [6, 6.07) is 16.2. The van der Waals surface area contributed by atoms with Gasteiger partial charge in [-0.1, -0.05) is 74.2 Å². The number of amides is 2. The fourth-order valence-electron chi connectivity index (χ4n) is 5.29. The first-order chi connectivity index (χ1) is 16.7. The number of nitrogens with one attached hydrogen (secondary N) is 2. The molecule has 7 heteroatoms. The zero-order valence-corrected chi connectivity index (χ0v) is 20.4. The molecule has 0 aromatic heterocycles. The van der Waals surface area contributed by atoms with Crippen LogP contribution in [0.5, 0.6) is 0 Å². The van der Waals surface area contributed by atoms with E-state index in [0.717, 1.165) is 47.9 Å². The largest absolute Gasteiger partial charge is 0.481 e. The molecule has 2 aliphatic carbocycles. The lowest BCUT2D eigenvalue weighted by molar-refractivity contribution is -0.150. The predicted octanol–water partition coefficient (Wildman–Crippen LogP) is 4.85. The number of carboxylic acids is 1. The highest BCUT2D eigenvalue weighted by atomic mass is 16.5. The summed E-state index contributed by atoms with van der Waals surface area (Å²) in [5.41, 5.74) is 2.30. The van der Waals surface area contributed by atoms with Gasteiger partial charge in [0.05, 0.1) is 5.41 Å². The maximum absolute atomic E-state index is 12.9. The number of alkyl carbamates (subject to hydrolysis) is 1. The van der Waals surface area contributed by atoms with Gasteiger partial charge in [-0.05, 0) is 48.9 Å². The molecule has 0 saturated heterocycles. The number of benzene rings is 2. The normalized spacial score (nSPS) is 17.0. The Bertz CT molecular complexity index is 1060. The third-order valence-corrected chi connectivity index (χ3v) is 7.43. The Hall–Kier alpha value is -3.35. The number of rotatable bonds is 7. The number of hydrogen-bond donors (Lipinski definition) is 3. The van der Waals surface area contributed by atoms with Gasteiger partial charge < -0.3 is 20.5 Å². The Kier molecular flexibility index (Phi) is 7.15. The Morgan fingerprint density at radius 1 is 0.943 bits per heavy atom. The molecule has 1 fully saturated rings. The van der Waals surface area contributed by atoms with Gasteiger partial charge in [-0.2, -0.15) is 0 Å². The molecule has 0 spiro atoms. The highest BCUT2D eigenvalue weighted by Crippen LogP contribution is 2.44. The van der Waals surface area contributed by atoms with E-state index in [4.69, 9.17) is 4.74 Å². The first-order valence-corrected chi connectivity index (χ1v) is 12.4. The van der Waals surface area contributed by atoms with Gasteiger partial charge in [0.15, 0.2) is 0 Å². The van der Waals surface area contributed by atoms with Gasteiger partial charge in [-0.25, -0.2) is 4.79 Å². The Labute approximate surface area is 206 Å². The molecule has 35 heavy (non-hydrogen) atoms. The lowest BCUT2D eigenvalue weighted by Gasteiger charge is -2.31. The average Bonchev–Trinajstić information content (AvgIpc) is 2.97. The van der Waals surface area contributed by atoms with Crippen LogP contribution in [0.1, 0.15) is 69.4 Å². The van der Waals surface area contributed by atoms with Crippen molar-refractivity contribution in [2.75, 3.05) is 13.2 Å². The summed E-state index contributed by atoms with van der Waals surface area (Å²) in [6.45, 7) is 3.38.